The number of nitro benzene ring substituents is 2. The number of aliphatic hydroxyl groups excluding tert-OH is 2. The minimum absolute atomic E-state index is 0.00277. The van der Waals surface area contributed by atoms with Crippen LogP contribution < -0.4 is 36.4 Å². The van der Waals surface area contributed by atoms with Crippen molar-refractivity contribution in [3.8, 4) is 0 Å². The maximum absolute atomic E-state index is 12.7. The Bertz CT molecular complexity index is 3600. The molecule has 5 saturated heterocycles. The Morgan fingerprint density at radius 2 is 0.777 bits per heavy atom. The normalized spacial score (nSPS) is 15.4. The molecule has 30 nitrogen and oxygen atoms in total. The van der Waals surface area contributed by atoms with Crippen molar-refractivity contribution < 1.29 is 109 Å². The summed E-state index contributed by atoms with van der Waals surface area (Å²) in [6, 6.07) is 23.5. The van der Waals surface area contributed by atoms with Gasteiger partial charge in [-0.2, -0.15) is 4.39 Å². The molecule has 5 aromatic rings. The van der Waals surface area contributed by atoms with Gasteiger partial charge < -0.3 is 70.3 Å². The molecule has 5 heterocycles. The van der Waals surface area contributed by atoms with Crippen LogP contribution in [0.4, 0.5) is 49.9 Å². The zero-order chi connectivity index (χ0) is 76.1. The monoisotopic (exact) mass is 1500 g/mol. The predicted octanol–water partition coefficient (Wildman–Crippen LogP) is 8.10. The molecule has 561 valence electrons. The predicted molar refractivity (Wildman–Crippen MR) is 374 cm³/mol. The van der Waals surface area contributed by atoms with Crippen molar-refractivity contribution in [3.63, 3.8) is 0 Å². The summed E-state index contributed by atoms with van der Waals surface area (Å²) in [6.07, 6.45) is 9.48. The number of hydrogen-bond acceptors (Lipinski definition) is 28. The first kappa shape index (κ1) is 85.7. The fraction of sp³-hybridized carbons (Fsp3) is 0.457. The molecule has 0 spiro atoms. The van der Waals surface area contributed by atoms with Crippen molar-refractivity contribution in [3.05, 3.63) is 150 Å². The number of nitrogens with zero attached hydrogens (tertiary/aromatic N) is 6. The van der Waals surface area contributed by atoms with Gasteiger partial charge in [0.05, 0.1) is 122 Å². The summed E-state index contributed by atoms with van der Waals surface area (Å²) >= 11 is 4.76. The number of nitrogens with one attached hydrogen (secondary N) is 1. The van der Waals surface area contributed by atoms with Crippen molar-refractivity contribution in [2.24, 2.45) is 29.6 Å². The van der Waals surface area contributed by atoms with Gasteiger partial charge in [0.1, 0.15) is 24.5 Å². The van der Waals surface area contributed by atoms with Crippen molar-refractivity contribution in [1.82, 2.24) is 5.32 Å². The van der Waals surface area contributed by atoms with Crippen molar-refractivity contribution in [2.45, 2.75) is 77.4 Å². The van der Waals surface area contributed by atoms with E-state index in [2.05, 4.69) is 24.8 Å². The number of hydrogen-bond donors (Lipinski definition) is 5. The van der Waals surface area contributed by atoms with Crippen LogP contribution >= 0.6 is 11.6 Å². The number of anilines is 6. The van der Waals surface area contributed by atoms with E-state index in [0.717, 1.165) is 150 Å². The fourth-order valence-electron chi connectivity index (χ4n) is 11.8. The Balaban J connectivity index is 0.000000263. The summed E-state index contributed by atoms with van der Waals surface area (Å²) in [5.41, 5.74) is 18.6. The van der Waals surface area contributed by atoms with E-state index in [-0.39, 0.29) is 83.9 Å². The molecule has 0 radical (unpaired) electrons. The number of methoxy groups -OCH3 is 5. The number of piperidine rings is 5. The quantitative estimate of drug-likeness (QED) is 0.0118. The van der Waals surface area contributed by atoms with Gasteiger partial charge in [-0.15, -0.1) is 0 Å². The van der Waals surface area contributed by atoms with Crippen molar-refractivity contribution >= 4 is 106 Å². The number of nitro groups is 2. The summed E-state index contributed by atoms with van der Waals surface area (Å²) in [4.78, 5) is 117. The van der Waals surface area contributed by atoms with Gasteiger partial charge in [0, 0.05) is 81.2 Å². The van der Waals surface area contributed by atoms with E-state index < -0.39 is 36.2 Å². The molecular weight excluding hydrogens is 1410 g/mol. The molecule has 5 fully saturated rings. The number of aldehydes is 3. The second kappa shape index (κ2) is 45.3. The van der Waals surface area contributed by atoms with E-state index in [1.807, 2.05) is 35.2 Å². The Labute approximate surface area is 606 Å². The Kier molecular flexibility index (Phi) is 37.7. The molecule has 103 heavy (non-hydrogen) atoms. The summed E-state index contributed by atoms with van der Waals surface area (Å²) in [5, 5.41) is 43.4. The molecule has 5 aliphatic rings. The van der Waals surface area contributed by atoms with Gasteiger partial charge in [-0.25, -0.2) is 0 Å². The molecule has 0 aromatic heterocycles. The number of aliphatic hydroxyl groups is 2. The number of benzene rings is 5. The Morgan fingerprint density at radius 3 is 1.13 bits per heavy atom. The molecule has 0 atom stereocenters. The van der Waals surface area contributed by atoms with E-state index in [0.29, 0.717) is 71.7 Å². The number of ether oxygens (including phenoxy) is 5. The molecule has 33 heteroatoms. The second-order valence-electron chi connectivity index (χ2n) is 23.9. The number of carbonyl (C=O) groups is 8. The number of carbonyl (C=O) groups excluding carboxylic acids is 8. The first-order chi connectivity index (χ1) is 49.4. The third kappa shape index (κ3) is 26.9. The molecule has 5 aliphatic heterocycles. The van der Waals surface area contributed by atoms with Crippen LogP contribution in [-0.4, -0.2) is 170 Å². The first-order valence-corrected chi connectivity index (χ1v) is 34.1. The van der Waals surface area contributed by atoms with Crippen LogP contribution in [0.1, 0.15) is 106 Å². The topological polar surface area (TPSA) is 421 Å². The number of rotatable bonds is 16. The number of esters is 5. The van der Waals surface area contributed by atoms with Crippen LogP contribution in [0.2, 0.25) is 5.02 Å². The molecule has 5 aromatic carbocycles. The molecule has 7 N–H and O–H groups in total. The van der Waals surface area contributed by atoms with Crippen molar-refractivity contribution in [1.29, 1.82) is 0 Å². The SMILES string of the molecule is COC(=O)C1CCN(c2cc(C=O)ccc2N)CC1.COC(=O)C1CCN(c2cc(C=O)ccc2[N+](=O)[O-])CC1.COC(=O)C1CCN(c2cc(CO)ccc2Cl)CC1.COC(=O)C1CCN(c2cc(CO)ccc2N)CC1.COC(=O)C1CCNCC1.O=Cc1ccc([N+](=O)[O-])c(F)c1.[O]=[Mn]=[O]. The number of nitrogen functional groups attached to an aromatic ring is 2. The van der Waals surface area contributed by atoms with Crippen LogP contribution in [0.5, 0.6) is 0 Å². The Morgan fingerprint density at radius 1 is 0.485 bits per heavy atom. The molecule has 0 bridgehead atoms. The standard InChI is InChI=1S/C14H18ClNO3.C14H16N2O5.C14H20N2O3.C14H18N2O3.C7H4FNO3.C7H13NO2.Mn.2O/c1-19-14(18)11-4-6-16(7-5-11)13-8-10(9-17)2-3-12(13)15;1-21-14(18)11-4-6-15(7-5-11)13-8-10(9-17)2-3-12(13)16(19)20;2*1-19-14(18)11-4-6-16(7-5-11)13-8-10(9-17)2-3-12(13)15;8-6-3-5(4-10)1-2-7(6)9(11)12;1-10-7(9)6-2-4-8-5-3-6;;;/h2-3,8,11,17H,4-7,9H2,1H3;2-3,8-9,11H,4-7H2,1H3;2-3,8,11,17H,4-7,9,15H2,1H3;2-3,8-9,11H,4-7,15H2,1H3;1-4H;6,8H,2-5H2,1H3;;;. The molecule has 0 amide bonds. The van der Waals surface area contributed by atoms with Crippen LogP contribution in [0.25, 0.3) is 0 Å². The summed E-state index contributed by atoms with van der Waals surface area (Å²) in [6.45, 7) is 7.51. The second-order valence-corrected chi connectivity index (χ2v) is 24.5. The average Bonchev–Trinajstić information content (AvgIpc) is 0.832. The van der Waals surface area contributed by atoms with Gasteiger partial charge in [-0.05, 0) is 155 Å². The van der Waals surface area contributed by atoms with E-state index in [1.165, 1.54) is 59.8 Å². The Hall–Kier alpha value is -9.72. The molecule has 10 rings (SSSR count). The average molecular weight is 1500 g/mol. The van der Waals surface area contributed by atoms with Crippen molar-refractivity contribution in [2.75, 3.05) is 132 Å². The van der Waals surface area contributed by atoms with Gasteiger partial charge in [0.2, 0.25) is 5.82 Å². The maximum atomic E-state index is 12.7. The van der Waals surface area contributed by atoms with Gasteiger partial charge in [-0.3, -0.25) is 58.6 Å². The molecule has 0 saturated carbocycles. The number of nitrogens with two attached hydrogens (primary N) is 2. The summed E-state index contributed by atoms with van der Waals surface area (Å²) in [7, 11) is 7.07. The van der Waals surface area contributed by atoms with Crippen LogP contribution in [0.3, 0.4) is 0 Å². The van der Waals surface area contributed by atoms with Crippen LogP contribution in [0.15, 0.2) is 91.0 Å². The minimum atomic E-state index is -1.44. The van der Waals surface area contributed by atoms with Gasteiger partial charge in [0.25, 0.3) is 5.69 Å². The number of halogens is 2. The zero-order valence-electron chi connectivity index (χ0n) is 58.0. The van der Waals surface area contributed by atoms with Crippen LogP contribution in [-0.2, 0) is 83.4 Å². The third-order valence-electron chi connectivity index (χ3n) is 17.7. The molecule has 0 aliphatic carbocycles. The van der Waals surface area contributed by atoms with Crippen LogP contribution in [0, 0.1) is 55.6 Å². The van der Waals surface area contributed by atoms with Gasteiger partial charge in [-0.1, -0.05) is 23.7 Å². The fourth-order valence-corrected chi connectivity index (χ4v) is 12.1. The summed E-state index contributed by atoms with van der Waals surface area (Å²) < 4.78 is 53.2. The third-order valence-corrected chi connectivity index (χ3v) is 18.0. The zero-order valence-corrected chi connectivity index (χ0v) is 59.9. The van der Waals surface area contributed by atoms with E-state index in [4.69, 9.17) is 49.7 Å². The van der Waals surface area contributed by atoms with Gasteiger partial charge >= 0.3 is 58.0 Å². The van der Waals surface area contributed by atoms with Gasteiger partial charge in [0.15, 0.2) is 0 Å². The van der Waals surface area contributed by atoms with E-state index >= 15 is 0 Å². The molecule has 0 unspecified atom stereocenters. The summed E-state index contributed by atoms with van der Waals surface area (Å²) in [5.74, 6) is -1.77. The first-order valence-electron chi connectivity index (χ1n) is 32.8. The molecular formula is C70H89ClFMnN9O21. The van der Waals surface area contributed by atoms with E-state index in [9.17, 15) is 73.2 Å². The van der Waals surface area contributed by atoms with E-state index in [1.54, 1.807) is 24.3 Å².